The Kier molecular flexibility index (Phi) is 3.15. The van der Waals surface area contributed by atoms with Crippen molar-refractivity contribution < 1.29 is 8.78 Å². The van der Waals surface area contributed by atoms with E-state index in [1.54, 1.807) is 16.9 Å². The smallest absolute Gasteiger partial charge is 0.137 e. The summed E-state index contributed by atoms with van der Waals surface area (Å²) in [5.74, 6) is -1.41. The number of hydrogen-bond acceptors (Lipinski definition) is 1. The van der Waals surface area contributed by atoms with Gasteiger partial charge in [-0.15, -0.1) is 0 Å². The third kappa shape index (κ3) is 2.31. The SMILES string of the molecule is CC(C)n1ccc(-c2c(F)cc(Cl)cc2F)n1. The van der Waals surface area contributed by atoms with Crippen LogP contribution < -0.4 is 0 Å². The highest BCUT2D eigenvalue weighted by Gasteiger charge is 2.15. The molecule has 1 aromatic carbocycles. The van der Waals surface area contributed by atoms with Crippen LogP contribution >= 0.6 is 11.6 Å². The summed E-state index contributed by atoms with van der Waals surface area (Å²) >= 11 is 5.56. The Morgan fingerprint density at radius 1 is 1.24 bits per heavy atom. The van der Waals surface area contributed by atoms with Crippen LogP contribution in [0.5, 0.6) is 0 Å². The maximum Gasteiger partial charge on any atom is 0.137 e. The first kappa shape index (κ1) is 12.0. The Labute approximate surface area is 103 Å². The summed E-state index contributed by atoms with van der Waals surface area (Å²) in [4.78, 5) is 0. The molecule has 0 saturated carbocycles. The molecule has 0 atom stereocenters. The predicted molar refractivity (Wildman–Crippen MR) is 63.0 cm³/mol. The quantitative estimate of drug-likeness (QED) is 0.792. The summed E-state index contributed by atoms with van der Waals surface area (Å²) in [6.45, 7) is 3.87. The number of rotatable bonds is 2. The molecule has 1 aromatic heterocycles. The van der Waals surface area contributed by atoms with Crippen LogP contribution in [0.1, 0.15) is 19.9 Å². The van der Waals surface area contributed by atoms with Gasteiger partial charge in [-0.25, -0.2) is 8.78 Å². The molecule has 0 spiro atoms. The zero-order chi connectivity index (χ0) is 12.6. The first-order valence-corrected chi connectivity index (χ1v) is 5.57. The Balaban J connectivity index is 2.52. The molecule has 0 unspecified atom stereocenters. The molecule has 0 N–H and O–H groups in total. The lowest BCUT2D eigenvalue weighted by molar-refractivity contribution is 0.531. The van der Waals surface area contributed by atoms with Crippen molar-refractivity contribution in [1.82, 2.24) is 9.78 Å². The summed E-state index contributed by atoms with van der Waals surface area (Å²) < 4.78 is 28.9. The van der Waals surface area contributed by atoms with Crippen molar-refractivity contribution in [2.45, 2.75) is 19.9 Å². The number of aromatic nitrogens is 2. The molecule has 0 fully saturated rings. The second-order valence-electron chi connectivity index (χ2n) is 4.02. The molecule has 0 radical (unpaired) electrons. The standard InChI is InChI=1S/C12H11ClF2N2/c1-7(2)17-4-3-11(16-17)12-9(14)5-8(13)6-10(12)15/h3-7H,1-2H3. The van der Waals surface area contributed by atoms with Crippen LogP contribution in [0.25, 0.3) is 11.3 Å². The van der Waals surface area contributed by atoms with E-state index in [1.807, 2.05) is 13.8 Å². The maximum atomic E-state index is 13.6. The third-order valence-corrected chi connectivity index (χ3v) is 2.62. The fourth-order valence-corrected chi connectivity index (χ4v) is 1.74. The molecule has 90 valence electrons. The molecule has 0 aliphatic carbocycles. The molecule has 2 rings (SSSR count). The molecular weight excluding hydrogens is 246 g/mol. The molecule has 1 heterocycles. The first-order valence-electron chi connectivity index (χ1n) is 5.19. The molecule has 0 amide bonds. The summed E-state index contributed by atoms with van der Waals surface area (Å²) in [5, 5.41) is 4.16. The van der Waals surface area contributed by atoms with E-state index in [0.29, 0.717) is 0 Å². The minimum atomic E-state index is -0.705. The largest absolute Gasteiger partial charge is 0.270 e. The minimum Gasteiger partial charge on any atom is -0.270 e. The molecule has 2 nitrogen and oxygen atoms in total. The average molecular weight is 257 g/mol. The zero-order valence-corrected chi connectivity index (χ0v) is 10.2. The number of hydrogen-bond donors (Lipinski definition) is 0. The van der Waals surface area contributed by atoms with Crippen LogP contribution in [-0.4, -0.2) is 9.78 Å². The molecule has 0 saturated heterocycles. The van der Waals surface area contributed by atoms with Gasteiger partial charge in [0.2, 0.25) is 0 Å². The van der Waals surface area contributed by atoms with Crippen molar-refractivity contribution in [2.75, 3.05) is 0 Å². The fraction of sp³-hybridized carbons (Fsp3) is 0.250. The van der Waals surface area contributed by atoms with E-state index < -0.39 is 11.6 Å². The Hall–Kier alpha value is -1.42. The Bertz CT molecular complexity index is 526. The van der Waals surface area contributed by atoms with Crippen LogP contribution in [0, 0.1) is 11.6 Å². The van der Waals surface area contributed by atoms with Gasteiger partial charge in [0.1, 0.15) is 11.6 Å². The number of benzene rings is 1. The second kappa shape index (κ2) is 4.45. The summed E-state index contributed by atoms with van der Waals surface area (Å²) in [5.41, 5.74) is 0.124. The van der Waals surface area contributed by atoms with Gasteiger partial charge in [0, 0.05) is 17.3 Å². The van der Waals surface area contributed by atoms with Gasteiger partial charge in [-0.05, 0) is 32.0 Å². The van der Waals surface area contributed by atoms with Crippen molar-refractivity contribution >= 4 is 11.6 Å². The van der Waals surface area contributed by atoms with Crippen molar-refractivity contribution in [2.24, 2.45) is 0 Å². The fourth-order valence-electron chi connectivity index (χ4n) is 1.55. The van der Waals surface area contributed by atoms with Crippen LogP contribution in [0.15, 0.2) is 24.4 Å². The summed E-state index contributed by atoms with van der Waals surface area (Å²) in [6, 6.07) is 3.88. The van der Waals surface area contributed by atoms with Gasteiger partial charge < -0.3 is 0 Å². The lowest BCUT2D eigenvalue weighted by Crippen LogP contribution is -2.01. The van der Waals surface area contributed by atoms with E-state index in [-0.39, 0.29) is 22.3 Å². The van der Waals surface area contributed by atoms with E-state index in [2.05, 4.69) is 5.10 Å². The highest BCUT2D eigenvalue weighted by molar-refractivity contribution is 6.30. The molecule has 0 aliphatic rings. The molecule has 0 aliphatic heterocycles. The van der Waals surface area contributed by atoms with Gasteiger partial charge in [0.15, 0.2) is 0 Å². The monoisotopic (exact) mass is 256 g/mol. The van der Waals surface area contributed by atoms with Gasteiger partial charge in [0.25, 0.3) is 0 Å². The molecule has 0 bridgehead atoms. The second-order valence-corrected chi connectivity index (χ2v) is 4.46. The number of halogens is 3. The van der Waals surface area contributed by atoms with Gasteiger partial charge in [-0.1, -0.05) is 11.6 Å². The topological polar surface area (TPSA) is 17.8 Å². The lowest BCUT2D eigenvalue weighted by atomic mass is 10.1. The van der Waals surface area contributed by atoms with Crippen LogP contribution in [0.2, 0.25) is 5.02 Å². The first-order chi connectivity index (χ1) is 7.99. The van der Waals surface area contributed by atoms with Crippen molar-refractivity contribution in [3.63, 3.8) is 0 Å². The summed E-state index contributed by atoms with van der Waals surface area (Å²) in [6.07, 6.45) is 1.69. The van der Waals surface area contributed by atoms with Gasteiger partial charge in [-0.3, -0.25) is 4.68 Å². The van der Waals surface area contributed by atoms with E-state index in [1.165, 1.54) is 0 Å². The molecule has 5 heteroatoms. The van der Waals surface area contributed by atoms with Crippen molar-refractivity contribution in [3.8, 4) is 11.3 Å². The zero-order valence-electron chi connectivity index (χ0n) is 9.42. The van der Waals surface area contributed by atoms with Gasteiger partial charge in [-0.2, -0.15) is 5.10 Å². The lowest BCUT2D eigenvalue weighted by Gasteiger charge is -2.05. The number of nitrogens with zero attached hydrogens (tertiary/aromatic N) is 2. The normalized spacial score (nSPS) is 11.2. The highest BCUT2D eigenvalue weighted by atomic mass is 35.5. The Morgan fingerprint density at radius 2 is 1.82 bits per heavy atom. The summed E-state index contributed by atoms with van der Waals surface area (Å²) in [7, 11) is 0. The van der Waals surface area contributed by atoms with Crippen molar-refractivity contribution in [1.29, 1.82) is 0 Å². The van der Waals surface area contributed by atoms with Crippen LogP contribution in [0.3, 0.4) is 0 Å². The van der Waals surface area contributed by atoms with E-state index in [0.717, 1.165) is 12.1 Å². The average Bonchev–Trinajstić information content (AvgIpc) is 2.65. The predicted octanol–water partition coefficient (Wildman–Crippen LogP) is 4.06. The Morgan fingerprint density at radius 3 is 2.29 bits per heavy atom. The van der Waals surface area contributed by atoms with E-state index in [4.69, 9.17) is 11.6 Å². The third-order valence-electron chi connectivity index (χ3n) is 2.40. The maximum absolute atomic E-state index is 13.6. The molecular formula is C12H11ClF2N2. The molecule has 2 aromatic rings. The molecule has 17 heavy (non-hydrogen) atoms. The highest BCUT2D eigenvalue weighted by Crippen LogP contribution is 2.27. The minimum absolute atomic E-state index is 0.0343. The van der Waals surface area contributed by atoms with Crippen LogP contribution in [0.4, 0.5) is 8.78 Å². The van der Waals surface area contributed by atoms with Gasteiger partial charge >= 0.3 is 0 Å². The van der Waals surface area contributed by atoms with Crippen molar-refractivity contribution in [3.05, 3.63) is 41.1 Å². The van der Waals surface area contributed by atoms with E-state index >= 15 is 0 Å². The van der Waals surface area contributed by atoms with Crippen LogP contribution in [-0.2, 0) is 0 Å². The van der Waals surface area contributed by atoms with E-state index in [9.17, 15) is 8.78 Å². The van der Waals surface area contributed by atoms with Gasteiger partial charge in [0.05, 0.1) is 11.3 Å².